The highest BCUT2D eigenvalue weighted by Crippen LogP contribution is 2.35. The van der Waals surface area contributed by atoms with Crippen molar-refractivity contribution in [3.05, 3.63) is 63.1 Å². The zero-order chi connectivity index (χ0) is 30.0. The number of nitrogens with one attached hydrogen (secondary N) is 1. The number of fused-ring (bicyclic) bond motifs is 4. The molecule has 1 aromatic heterocycles. The Morgan fingerprint density at radius 3 is 2.71 bits per heavy atom. The Hall–Kier alpha value is -3.98. The molecule has 2 aromatic rings. The molecular weight excluding hydrogens is 585 g/mol. The van der Waals surface area contributed by atoms with Gasteiger partial charge in [0.25, 0.3) is 11.8 Å². The van der Waals surface area contributed by atoms with E-state index in [1.807, 2.05) is 0 Å². The van der Waals surface area contributed by atoms with E-state index in [0.717, 1.165) is 31.5 Å². The smallest absolute Gasteiger partial charge is 0.451 e. The highest BCUT2D eigenvalue weighted by atomic mass is 31.1. The molecule has 5 rings (SSSR count). The van der Waals surface area contributed by atoms with Crippen molar-refractivity contribution in [2.75, 3.05) is 33.1 Å². The van der Waals surface area contributed by atoms with Crippen molar-refractivity contribution in [3.63, 3.8) is 0 Å². The zero-order valence-corrected chi connectivity index (χ0v) is 22.9. The monoisotopic (exact) mass is 611 g/mol. The number of nitrogens with zero attached hydrogens (tertiary/aromatic N) is 3. The molecule has 3 atom stereocenters. The van der Waals surface area contributed by atoms with E-state index in [0.29, 0.717) is 12.6 Å². The largest absolute Gasteiger partial charge is 0.694 e. The number of hydrogen-bond donors (Lipinski definition) is 2. The van der Waals surface area contributed by atoms with E-state index in [2.05, 4.69) is 19.5 Å². The second-order valence-electron chi connectivity index (χ2n) is 9.67. The van der Waals surface area contributed by atoms with Crippen molar-refractivity contribution in [1.29, 1.82) is 0 Å². The Bertz CT molecular complexity index is 1490. The van der Waals surface area contributed by atoms with E-state index in [-0.39, 0.29) is 43.2 Å². The van der Waals surface area contributed by atoms with Crippen molar-refractivity contribution in [2.24, 2.45) is 0 Å². The van der Waals surface area contributed by atoms with Crippen molar-refractivity contribution < 1.29 is 51.4 Å². The molecule has 2 fully saturated rings. The number of pyridine rings is 1. The van der Waals surface area contributed by atoms with Crippen LogP contribution >= 0.6 is 8.25 Å². The molecule has 1 aromatic carbocycles. The number of benzene rings is 1. The Kier molecular flexibility index (Phi) is 8.77. The van der Waals surface area contributed by atoms with Crippen LogP contribution in [0.25, 0.3) is 0 Å². The summed E-state index contributed by atoms with van der Waals surface area (Å²) < 4.78 is 58.5. The molecule has 14 nitrogen and oxygen atoms in total. The standard InChI is InChI=1S/C25H25F2N4O10P/c26-15-4-3-14(18(27)8-15)9-28-23(33)17-11-29-12-19-30-5-1-2-16(30)10-31(19)24(34)20(29)22(21(17)32)39-13-40-25(35)38-6-7-41-42(36)37/h3-4,8,11,16,19H,1-2,5-7,9-10,12-13H2,(H-,28,33,36,37)/p+1/t16?,19-/m0/s1. The lowest BCUT2D eigenvalue weighted by molar-refractivity contribution is -0.00144. The summed E-state index contributed by atoms with van der Waals surface area (Å²) in [5, 5.41) is 2.42. The van der Waals surface area contributed by atoms with Crippen LogP contribution < -0.4 is 15.5 Å². The van der Waals surface area contributed by atoms with Gasteiger partial charge < -0.3 is 29.0 Å². The minimum absolute atomic E-state index is 0.0145. The van der Waals surface area contributed by atoms with Crippen LogP contribution in [-0.4, -0.2) is 82.5 Å². The van der Waals surface area contributed by atoms with E-state index >= 15 is 0 Å². The number of rotatable bonds is 10. The Morgan fingerprint density at radius 2 is 1.95 bits per heavy atom. The van der Waals surface area contributed by atoms with E-state index in [1.165, 1.54) is 10.8 Å². The van der Waals surface area contributed by atoms with Crippen molar-refractivity contribution >= 4 is 26.2 Å². The van der Waals surface area contributed by atoms with Gasteiger partial charge in [-0.15, -0.1) is 9.42 Å². The Labute approximate surface area is 237 Å². The molecule has 0 saturated carbocycles. The van der Waals surface area contributed by atoms with Crippen LogP contribution in [0.15, 0.2) is 29.2 Å². The summed E-state index contributed by atoms with van der Waals surface area (Å²) in [5.41, 5.74) is -1.52. The van der Waals surface area contributed by atoms with Gasteiger partial charge in [0.05, 0.1) is 6.54 Å². The third kappa shape index (κ3) is 6.11. The number of carbonyl (C=O) groups is 3. The molecule has 4 heterocycles. The molecule has 0 spiro atoms. The second-order valence-corrected chi connectivity index (χ2v) is 10.4. The van der Waals surface area contributed by atoms with Gasteiger partial charge in [0.15, 0.2) is 5.69 Å². The fourth-order valence-electron chi connectivity index (χ4n) is 5.36. The van der Waals surface area contributed by atoms with Crippen LogP contribution in [-0.2, 0) is 31.7 Å². The number of amides is 2. The lowest BCUT2D eigenvalue weighted by Crippen LogP contribution is -2.50. The lowest BCUT2D eigenvalue weighted by atomic mass is 10.1. The molecule has 224 valence electrons. The molecule has 0 radical (unpaired) electrons. The highest BCUT2D eigenvalue weighted by molar-refractivity contribution is 7.32. The minimum atomic E-state index is -2.87. The molecule has 2 unspecified atom stereocenters. The van der Waals surface area contributed by atoms with Gasteiger partial charge in [-0.05, 0) is 18.9 Å². The lowest BCUT2D eigenvalue weighted by Gasteiger charge is -2.36. The van der Waals surface area contributed by atoms with Gasteiger partial charge in [0, 0.05) is 48.1 Å². The zero-order valence-electron chi connectivity index (χ0n) is 22.0. The number of aromatic nitrogens is 1. The summed E-state index contributed by atoms with van der Waals surface area (Å²) in [6.07, 6.45) is 1.60. The van der Waals surface area contributed by atoms with Crippen molar-refractivity contribution in [2.45, 2.75) is 38.1 Å². The van der Waals surface area contributed by atoms with Crippen molar-refractivity contribution in [1.82, 2.24) is 19.7 Å². The molecule has 3 aliphatic rings. The first-order valence-corrected chi connectivity index (χ1v) is 14.0. The van der Waals surface area contributed by atoms with Gasteiger partial charge in [-0.1, -0.05) is 6.07 Å². The predicted molar refractivity (Wildman–Crippen MR) is 136 cm³/mol. The number of hydrogen-bond acceptors (Lipinski definition) is 10. The number of ether oxygens (including phenoxy) is 3. The van der Waals surface area contributed by atoms with E-state index < -0.39 is 68.0 Å². The summed E-state index contributed by atoms with van der Waals surface area (Å²) in [5.74, 6) is -3.59. The molecule has 0 bridgehead atoms. The van der Waals surface area contributed by atoms with Crippen molar-refractivity contribution in [3.8, 4) is 5.75 Å². The fourth-order valence-corrected chi connectivity index (χ4v) is 5.59. The first-order chi connectivity index (χ1) is 20.1. The summed E-state index contributed by atoms with van der Waals surface area (Å²) in [7, 11) is -2.87. The van der Waals surface area contributed by atoms with Gasteiger partial charge >= 0.3 is 14.4 Å². The average Bonchev–Trinajstić information content (AvgIpc) is 3.54. The molecule has 2 N–H and O–H groups in total. The Balaban J connectivity index is 1.37. The Morgan fingerprint density at radius 1 is 1.14 bits per heavy atom. The van der Waals surface area contributed by atoms with Gasteiger partial charge in [0.2, 0.25) is 18.0 Å². The van der Waals surface area contributed by atoms with E-state index in [4.69, 9.17) is 14.4 Å². The third-order valence-electron chi connectivity index (χ3n) is 7.22. The summed E-state index contributed by atoms with van der Waals surface area (Å²) >= 11 is 0. The van der Waals surface area contributed by atoms with Gasteiger partial charge in [-0.3, -0.25) is 19.3 Å². The number of carbonyl (C=O) groups excluding carboxylic acids is 3. The molecule has 2 saturated heterocycles. The maximum absolute atomic E-state index is 14.1. The topological polar surface area (TPSA) is 166 Å². The maximum atomic E-state index is 14.1. The second kappa shape index (κ2) is 12.5. The van der Waals surface area contributed by atoms with Crippen LogP contribution in [0.3, 0.4) is 0 Å². The van der Waals surface area contributed by atoms with Crippen LogP contribution in [0, 0.1) is 11.6 Å². The SMILES string of the molecule is O=C(OCCO[P+](=O)O)OCOc1c2n(cc(C(=O)NCc3ccc(F)cc3F)c1=O)C[C@@H]1N(CC3CCCN31)C2=O. The normalized spacial score (nSPS) is 19.5. The first-order valence-electron chi connectivity index (χ1n) is 12.9. The van der Waals surface area contributed by atoms with Crippen LogP contribution in [0.4, 0.5) is 13.6 Å². The summed E-state index contributed by atoms with van der Waals surface area (Å²) in [4.78, 5) is 64.4. The van der Waals surface area contributed by atoms with Crippen LogP contribution in [0.2, 0.25) is 0 Å². The molecule has 3 aliphatic heterocycles. The average molecular weight is 611 g/mol. The van der Waals surface area contributed by atoms with E-state index in [9.17, 15) is 32.5 Å². The predicted octanol–water partition coefficient (Wildman–Crippen LogP) is 1.47. The highest BCUT2D eigenvalue weighted by Gasteiger charge is 2.48. The third-order valence-corrected chi connectivity index (χ3v) is 7.62. The molecule has 0 aliphatic carbocycles. The van der Waals surface area contributed by atoms with Crippen LogP contribution in [0.5, 0.6) is 5.75 Å². The van der Waals surface area contributed by atoms with Gasteiger partial charge in [-0.25, -0.2) is 13.6 Å². The quantitative estimate of drug-likeness (QED) is 0.173. The van der Waals surface area contributed by atoms with E-state index in [1.54, 1.807) is 4.90 Å². The summed E-state index contributed by atoms with van der Waals surface area (Å²) in [6, 6.07) is 3.02. The minimum Gasteiger partial charge on any atom is -0.451 e. The maximum Gasteiger partial charge on any atom is 0.694 e. The molecule has 2 amide bonds. The molecular formula is C25H26F2N4O10P+. The summed E-state index contributed by atoms with van der Waals surface area (Å²) in [6.45, 7) is -0.507. The fraction of sp³-hybridized carbons (Fsp3) is 0.440. The van der Waals surface area contributed by atoms with Gasteiger partial charge in [-0.2, -0.15) is 0 Å². The molecule has 42 heavy (non-hydrogen) atoms. The van der Waals surface area contributed by atoms with Gasteiger partial charge in [0.1, 0.15) is 36.6 Å². The first kappa shape index (κ1) is 29.5. The number of halogens is 2. The molecule has 17 heteroatoms. The van der Waals surface area contributed by atoms with Crippen LogP contribution in [0.1, 0.15) is 39.3 Å².